The summed E-state index contributed by atoms with van der Waals surface area (Å²) in [4.78, 5) is 35.4. The maximum absolute atomic E-state index is 12.9. The van der Waals surface area contributed by atoms with E-state index in [2.05, 4.69) is 21.3 Å². The average Bonchev–Trinajstić information content (AvgIpc) is 2.70. The quantitative estimate of drug-likeness (QED) is 0.561. The molecule has 2 rings (SSSR count). The van der Waals surface area contributed by atoms with Gasteiger partial charge in [0, 0.05) is 24.3 Å². The number of nitrogens with one attached hydrogen (secondary N) is 4. The van der Waals surface area contributed by atoms with Gasteiger partial charge in [-0.05, 0) is 48.4 Å². The zero-order chi connectivity index (χ0) is 20.4. The summed E-state index contributed by atoms with van der Waals surface area (Å²) < 4.78 is 12.9. The lowest BCUT2D eigenvalue weighted by Crippen LogP contribution is -2.39. The lowest BCUT2D eigenvalue weighted by atomic mass is 10.1. The molecule has 8 heteroatoms. The Balaban J connectivity index is 1.78. The van der Waals surface area contributed by atoms with Crippen molar-refractivity contribution in [1.29, 1.82) is 0 Å². The van der Waals surface area contributed by atoms with E-state index in [-0.39, 0.29) is 30.7 Å². The van der Waals surface area contributed by atoms with Gasteiger partial charge in [-0.2, -0.15) is 0 Å². The Hall–Kier alpha value is -3.42. The number of rotatable bonds is 8. The van der Waals surface area contributed by atoms with Gasteiger partial charge in [-0.25, -0.2) is 9.18 Å². The van der Waals surface area contributed by atoms with Gasteiger partial charge in [0.05, 0.1) is 6.54 Å². The number of hydrogen-bond donors (Lipinski definition) is 4. The molecule has 0 aliphatic heterocycles. The predicted octanol–water partition coefficient (Wildman–Crippen LogP) is 2.40. The minimum absolute atomic E-state index is 0.115. The van der Waals surface area contributed by atoms with E-state index in [0.717, 1.165) is 12.0 Å². The van der Waals surface area contributed by atoms with E-state index in [9.17, 15) is 18.8 Å². The monoisotopic (exact) mass is 386 g/mol. The molecule has 2 aromatic rings. The van der Waals surface area contributed by atoms with Crippen molar-refractivity contribution in [2.24, 2.45) is 0 Å². The number of benzene rings is 2. The van der Waals surface area contributed by atoms with E-state index in [1.807, 2.05) is 6.92 Å². The van der Waals surface area contributed by atoms with Crippen molar-refractivity contribution in [2.45, 2.75) is 19.9 Å². The van der Waals surface area contributed by atoms with E-state index >= 15 is 0 Å². The second-order valence-electron chi connectivity index (χ2n) is 6.04. The number of amides is 4. The molecule has 0 aliphatic rings. The van der Waals surface area contributed by atoms with Crippen LogP contribution in [0.5, 0.6) is 0 Å². The molecule has 0 bridgehead atoms. The van der Waals surface area contributed by atoms with Crippen molar-refractivity contribution in [3.63, 3.8) is 0 Å². The molecule has 0 aromatic heterocycles. The van der Waals surface area contributed by atoms with E-state index in [4.69, 9.17) is 0 Å². The van der Waals surface area contributed by atoms with Crippen LogP contribution in [0.1, 0.15) is 29.3 Å². The molecule has 28 heavy (non-hydrogen) atoms. The molecule has 7 nitrogen and oxygen atoms in total. The van der Waals surface area contributed by atoms with Crippen LogP contribution in [0.3, 0.4) is 0 Å². The molecular formula is C20H23FN4O3. The van der Waals surface area contributed by atoms with Gasteiger partial charge in [0.15, 0.2) is 0 Å². The summed E-state index contributed by atoms with van der Waals surface area (Å²) in [5.74, 6) is -0.873. The van der Waals surface area contributed by atoms with Crippen LogP contribution in [0.15, 0.2) is 48.5 Å². The highest BCUT2D eigenvalue weighted by Crippen LogP contribution is 2.10. The second-order valence-corrected chi connectivity index (χ2v) is 6.04. The zero-order valence-electron chi connectivity index (χ0n) is 15.5. The van der Waals surface area contributed by atoms with E-state index in [1.165, 1.54) is 12.1 Å². The SMILES string of the molecule is CCCNC(=O)CNC(=O)Nc1ccc(C(=O)NCc2ccc(F)cc2)cc1. The van der Waals surface area contributed by atoms with E-state index < -0.39 is 6.03 Å². The van der Waals surface area contributed by atoms with Crippen molar-refractivity contribution >= 4 is 23.5 Å². The topological polar surface area (TPSA) is 99.3 Å². The van der Waals surface area contributed by atoms with Gasteiger partial charge >= 0.3 is 6.03 Å². The fourth-order valence-electron chi connectivity index (χ4n) is 2.25. The first-order valence-corrected chi connectivity index (χ1v) is 8.92. The molecule has 0 saturated heterocycles. The highest BCUT2D eigenvalue weighted by atomic mass is 19.1. The van der Waals surface area contributed by atoms with Gasteiger partial charge in [-0.3, -0.25) is 9.59 Å². The van der Waals surface area contributed by atoms with Gasteiger partial charge < -0.3 is 21.3 Å². The van der Waals surface area contributed by atoms with Crippen LogP contribution in [0.25, 0.3) is 0 Å². The lowest BCUT2D eigenvalue weighted by molar-refractivity contribution is -0.120. The van der Waals surface area contributed by atoms with Gasteiger partial charge in [-0.1, -0.05) is 19.1 Å². The second kappa shape index (κ2) is 10.7. The highest BCUT2D eigenvalue weighted by molar-refractivity contribution is 5.96. The number of hydrogen-bond acceptors (Lipinski definition) is 3. The summed E-state index contributed by atoms with van der Waals surface area (Å²) in [5.41, 5.74) is 1.70. The molecule has 4 N–H and O–H groups in total. The molecule has 0 heterocycles. The number of halogens is 1. The van der Waals surface area contributed by atoms with Gasteiger partial charge in [0.25, 0.3) is 5.91 Å². The summed E-state index contributed by atoms with van der Waals surface area (Å²) in [6.07, 6.45) is 0.821. The molecule has 0 unspecified atom stereocenters. The molecule has 0 radical (unpaired) electrons. The Bertz CT molecular complexity index is 807. The summed E-state index contributed by atoms with van der Waals surface area (Å²) in [6.45, 7) is 2.66. The van der Waals surface area contributed by atoms with Gasteiger partial charge in [0.1, 0.15) is 5.82 Å². The predicted molar refractivity (Wildman–Crippen MR) is 104 cm³/mol. The molecular weight excluding hydrogens is 363 g/mol. The van der Waals surface area contributed by atoms with Crippen LogP contribution in [-0.2, 0) is 11.3 Å². The van der Waals surface area contributed by atoms with Crippen LogP contribution >= 0.6 is 0 Å². The van der Waals surface area contributed by atoms with E-state index in [0.29, 0.717) is 17.8 Å². The minimum Gasteiger partial charge on any atom is -0.355 e. The number of carbonyl (C=O) groups is 3. The molecule has 0 saturated carbocycles. The fraction of sp³-hybridized carbons (Fsp3) is 0.250. The number of carbonyl (C=O) groups excluding carboxylic acids is 3. The highest BCUT2D eigenvalue weighted by Gasteiger charge is 2.08. The van der Waals surface area contributed by atoms with Crippen molar-refractivity contribution in [2.75, 3.05) is 18.4 Å². The van der Waals surface area contributed by atoms with Gasteiger partial charge in [-0.15, -0.1) is 0 Å². The maximum Gasteiger partial charge on any atom is 0.319 e. The van der Waals surface area contributed by atoms with Crippen molar-refractivity contribution in [3.8, 4) is 0 Å². The standard InChI is InChI=1S/C20H23FN4O3/c1-2-11-22-18(26)13-24-20(28)25-17-9-5-15(6-10-17)19(27)23-12-14-3-7-16(21)8-4-14/h3-10H,2,11-13H2,1H3,(H,22,26)(H,23,27)(H2,24,25,28). The Morgan fingerprint density at radius 2 is 1.57 bits per heavy atom. The third-order valence-corrected chi connectivity index (χ3v) is 3.75. The maximum atomic E-state index is 12.9. The first kappa shape index (κ1) is 20.9. The molecule has 0 spiro atoms. The Kier molecular flexibility index (Phi) is 7.95. The van der Waals surface area contributed by atoms with Crippen LogP contribution in [0.4, 0.5) is 14.9 Å². The Labute approximate surface area is 162 Å². The molecule has 0 fully saturated rings. The average molecular weight is 386 g/mol. The molecule has 0 atom stereocenters. The molecule has 148 valence electrons. The normalized spacial score (nSPS) is 10.1. The van der Waals surface area contributed by atoms with Crippen LogP contribution in [-0.4, -0.2) is 30.9 Å². The molecule has 4 amide bonds. The third-order valence-electron chi connectivity index (χ3n) is 3.75. The number of urea groups is 1. The Morgan fingerprint density at radius 1 is 0.893 bits per heavy atom. The molecule has 2 aromatic carbocycles. The van der Waals surface area contributed by atoms with Crippen LogP contribution < -0.4 is 21.3 Å². The lowest BCUT2D eigenvalue weighted by Gasteiger charge is -2.09. The fourth-order valence-corrected chi connectivity index (χ4v) is 2.25. The Morgan fingerprint density at radius 3 is 2.21 bits per heavy atom. The van der Waals surface area contributed by atoms with Crippen LogP contribution in [0, 0.1) is 5.82 Å². The summed E-state index contributed by atoms with van der Waals surface area (Å²) in [7, 11) is 0. The van der Waals surface area contributed by atoms with Crippen molar-refractivity contribution in [3.05, 3.63) is 65.5 Å². The van der Waals surface area contributed by atoms with E-state index in [1.54, 1.807) is 36.4 Å². The zero-order valence-corrected chi connectivity index (χ0v) is 15.5. The molecule has 0 aliphatic carbocycles. The summed E-state index contributed by atoms with van der Waals surface area (Å²) >= 11 is 0. The summed E-state index contributed by atoms with van der Waals surface area (Å²) in [6, 6.07) is 11.7. The van der Waals surface area contributed by atoms with Crippen molar-refractivity contribution < 1.29 is 18.8 Å². The largest absolute Gasteiger partial charge is 0.355 e. The van der Waals surface area contributed by atoms with Crippen molar-refractivity contribution in [1.82, 2.24) is 16.0 Å². The minimum atomic E-state index is -0.514. The number of anilines is 1. The third kappa shape index (κ3) is 7.06. The smallest absolute Gasteiger partial charge is 0.319 e. The first-order chi connectivity index (χ1) is 13.5. The first-order valence-electron chi connectivity index (χ1n) is 8.92. The van der Waals surface area contributed by atoms with Crippen LogP contribution in [0.2, 0.25) is 0 Å². The van der Waals surface area contributed by atoms with Gasteiger partial charge in [0.2, 0.25) is 5.91 Å². The summed E-state index contributed by atoms with van der Waals surface area (Å²) in [5, 5.41) is 10.4.